The Hall–Kier alpha value is -1.38. The minimum Gasteiger partial charge on any atom is -0.356 e. The molecule has 2 rings (SSSR count). The molecule has 0 N–H and O–H groups in total. The van der Waals surface area contributed by atoms with Gasteiger partial charge in [-0.05, 0) is 31.4 Å². The predicted octanol–water partition coefficient (Wildman–Crippen LogP) is 1.80. The largest absolute Gasteiger partial charge is 0.356 e. The smallest absolute Gasteiger partial charge is 0.151 e. The second-order valence-corrected chi connectivity index (χ2v) is 3.72. The highest BCUT2D eigenvalue weighted by Gasteiger charge is 2.15. The first-order valence-electron chi connectivity index (χ1n) is 4.98. The van der Waals surface area contributed by atoms with Gasteiger partial charge in [0.15, 0.2) is 6.29 Å². The van der Waals surface area contributed by atoms with Crippen molar-refractivity contribution < 1.29 is 4.79 Å². The quantitative estimate of drug-likeness (QED) is 0.667. The summed E-state index contributed by atoms with van der Waals surface area (Å²) in [5.74, 6) is 1.04. The zero-order valence-corrected chi connectivity index (χ0v) is 8.36. The Morgan fingerprint density at radius 1 is 1.43 bits per heavy atom. The highest BCUT2D eigenvalue weighted by atomic mass is 16.1. The summed E-state index contributed by atoms with van der Waals surface area (Å²) < 4.78 is 0. The van der Waals surface area contributed by atoms with E-state index in [1.165, 1.54) is 12.8 Å². The maximum atomic E-state index is 10.5. The van der Waals surface area contributed by atoms with E-state index >= 15 is 0 Å². The molecule has 0 spiro atoms. The van der Waals surface area contributed by atoms with Gasteiger partial charge in [0.25, 0.3) is 0 Å². The summed E-state index contributed by atoms with van der Waals surface area (Å²) in [6.07, 6.45) is 4.98. The van der Waals surface area contributed by atoms with Crippen LogP contribution in [0, 0.1) is 6.92 Å². The monoisotopic (exact) mass is 190 g/mol. The molecule has 0 bridgehead atoms. The Morgan fingerprint density at radius 2 is 2.14 bits per heavy atom. The second-order valence-electron chi connectivity index (χ2n) is 3.72. The van der Waals surface area contributed by atoms with Gasteiger partial charge in [-0.15, -0.1) is 0 Å². The summed E-state index contributed by atoms with van der Waals surface area (Å²) in [4.78, 5) is 17.1. The molecular weight excluding hydrogens is 176 g/mol. The van der Waals surface area contributed by atoms with Crippen molar-refractivity contribution in [1.29, 1.82) is 0 Å². The molecule has 1 fully saturated rings. The Bertz CT molecular complexity index is 343. The van der Waals surface area contributed by atoms with Crippen molar-refractivity contribution in [3.63, 3.8) is 0 Å². The van der Waals surface area contributed by atoms with E-state index in [9.17, 15) is 4.79 Å². The van der Waals surface area contributed by atoms with E-state index in [2.05, 4.69) is 9.88 Å². The van der Waals surface area contributed by atoms with Crippen molar-refractivity contribution in [3.05, 3.63) is 23.4 Å². The van der Waals surface area contributed by atoms with E-state index in [-0.39, 0.29) is 0 Å². The van der Waals surface area contributed by atoms with Crippen LogP contribution in [0.25, 0.3) is 0 Å². The molecule has 2 heterocycles. The third-order valence-corrected chi connectivity index (χ3v) is 2.61. The van der Waals surface area contributed by atoms with Crippen molar-refractivity contribution >= 4 is 12.1 Å². The first-order chi connectivity index (χ1) is 6.81. The summed E-state index contributed by atoms with van der Waals surface area (Å²) in [7, 11) is 0. The van der Waals surface area contributed by atoms with Gasteiger partial charge in [-0.25, -0.2) is 4.98 Å². The van der Waals surface area contributed by atoms with Gasteiger partial charge in [0, 0.05) is 24.8 Å². The number of carbonyl (C=O) groups excluding carboxylic acids is 1. The summed E-state index contributed by atoms with van der Waals surface area (Å²) in [6, 6.07) is 1.90. The summed E-state index contributed by atoms with van der Waals surface area (Å²) in [5, 5.41) is 0. The molecule has 0 amide bonds. The number of nitrogens with zero attached hydrogens (tertiary/aromatic N) is 2. The van der Waals surface area contributed by atoms with Crippen molar-refractivity contribution in [3.8, 4) is 0 Å². The van der Waals surface area contributed by atoms with Gasteiger partial charge in [-0.1, -0.05) is 0 Å². The molecule has 14 heavy (non-hydrogen) atoms. The Balaban J connectivity index is 2.29. The summed E-state index contributed by atoms with van der Waals surface area (Å²) >= 11 is 0. The van der Waals surface area contributed by atoms with Gasteiger partial charge in [-0.3, -0.25) is 4.79 Å². The lowest BCUT2D eigenvalue weighted by Gasteiger charge is -2.18. The average molecular weight is 190 g/mol. The van der Waals surface area contributed by atoms with E-state index in [1.807, 2.05) is 13.0 Å². The van der Waals surface area contributed by atoms with Crippen LogP contribution in [-0.4, -0.2) is 24.4 Å². The van der Waals surface area contributed by atoms with Crippen LogP contribution in [0.5, 0.6) is 0 Å². The number of hydrogen-bond acceptors (Lipinski definition) is 3. The fourth-order valence-electron chi connectivity index (χ4n) is 1.91. The summed E-state index contributed by atoms with van der Waals surface area (Å²) in [5.41, 5.74) is 1.75. The number of anilines is 1. The number of hydrogen-bond donors (Lipinski definition) is 0. The molecule has 74 valence electrons. The van der Waals surface area contributed by atoms with E-state index in [1.54, 1.807) is 6.20 Å². The lowest BCUT2D eigenvalue weighted by atomic mass is 10.2. The number of rotatable bonds is 2. The molecule has 1 aromatic heterocycles. The molecule has 1 saturated heterocycles. The molecule has 1 aliphatic heterocycles. The molecule has 0 saturated carbocycles. The van der Waals surface area contributed by atoms with Gasteiger partial charge < -0.3 is 4.90 Å². The molecule has 3 heteroatoms. The second kappa shape index (κ2) is 3.78. The number of aryl methyl sites for hydroxylation is 1. The molecule has 1 aromatic rings. The van der Waals surface area contributed by atoms with E-state index in [0.29, 0.717) is 5.56 Å². The Morgan fingerprint density at radius 3 is 2.71 bits per heavy atom. The van der Waals surface area contributed by atoms with Gasteiger partial charge in [-0.2, -0.15) is 0 Å². The predicted molar refractivity (Wildman–Crippen MR) is 55.8 cm³/mol. The number of carbonyl (C=O) groups is 1. The van der Waals surface area contributed by atoms with Gasteiger partial charge in [0.05, 0.1) is 0 Å². The number of aromatic nitrogens is 1. The SMILES string of the molecule is Cc1cc(C=O)cnc1N1CCCC1. The van der Waals surface area contributed by atoms with Crippen molar-refractivity contribution in [1.82, 2.24) is 4.98 Å². The molecule has 0 aliphatic carbocycles. The molecule has 0 atom stereocenters. The lowest BCUT2D eigenvalue weighted by Crippen LogP contribution is -2.20. The van der Waals surface area contributed by atoms with Crippen LogP contribution in [0.3, 0.4) is 0 Å². The zero-order valence-electron chi connectivity index (χ0n) is 8.36. The van der Waals surface area contributed by atoms with E-state index in [4.69, 9.17) is 0 Å². The van der Waals surface area contributed by atoms with Crippen LogP contribution < -0.4 is 4.90 Å². The first kappa shape index (κ1) is 9.19. The highest BCUT2D eigenvalue weighted by molar-refractivity contribution is 5.75. The van der Waals surface area contributed by atoms with Gasteiger partial charge >= 0.3 is 0 Å². The lowest BCUT2D eigenvalue weighted by molar-refractivity contribution is 0.112. The maximum absolute atomic E-state index is 10.5. The van der Waals surface area contributed by atoms with E-state index < -0.39 is 0 Å². The summed E-state index contributed by atoms with van der Waals surface area (Å²) in [6.45, 7) is 4.19. The van der Waals surface area contributed by atoms with Crippen LogP contribution in [0.15, 0.2) is 12.3 Å². The topological polar surface area (TPSA) is 33.2 Å². The average Bonchev–Trinajstić information content (AvgIpc) is 2.70. The molecular formula is C11H14N2O. The molecule has 3 nitrogen and oxygen atoms in total. The zero-order chi connectivity index (χ0) is 9.97. The fourth-order valence-corrected chi connectivity index (χ4v) is 1.91. The third kappa shape index (κ3) is 1.62. The van der Waals surface area contributed by atoms with Gasteiger partial charge in [0.2, 0.25) is 0 Å². The normalized spacial score (nSPS) is 15.9. The molecule has 0 radical (unpaired) electrons. The van der Waals surface area contributed by atoms with Gasteiger partial charge in [0.1, 0.15) is 5.82 Å². The van der Waals surface area contributed by atoms with Crippen LogP contribution >= 0.6 is 0 Å². The van der Waals surface area contributed by atoms with Crippen molar-refractivity contribution in [2.45, 2.75) is 19.8 Å². The maximum Gasteiger partial charge on any atom is 0.151 e. The van der Waals surface area contributed by atoms with Crippen molar-refractivity contribution in [2.24, 2.45) is 0 Å². The minimum atomic E-state index is 0.658. The third-order valence-electron chi connectivity index (χ3n) is 2.61. The van der Waals surface area contributed by atoms with Crippen LogP contribution in [0.2, 0.25) is 0 Å². The molecule has 0 unspecified atom stereocenters. The minimum absolute atomic E-state index is 0.658. The first-order valence-corrected chi connectivity index (χ1v) is 4.98. The van der Waals surface area contributed by atoms with Crippen molar-refractivity contribution in [2.75, 3.05) is 18.0 Å². The standard InChI is InChI=1S/C11H14N2O/c1-9-6-10(8-14)7-12-11(9)13-4-2-3-5-13/h6-8H,2-5H2,1H3. The highest BCUT2D eigenvalue weighted by Crippen LogP contribution is 2.21. The number of aldehydes is 1. The van der Waals surface area contributed by atoms with Crippen LogP contribution in [-0.2, 0) is 0 Å². The Labute approximate surface area is 83.8 Å². The van der Waals surface area contributed by atoms with E-state index in [0.717, 1.165) is 30.8 Å². The molecule has 0 aromatic carbocycles. The van der Waals surface area contributed by atoms with Crippen LogP contribution in [0.1, 0.15) is 28.8 Å². The fraction of sp³-hybridized carbons (Fsp3) is 0.455. The number of pyridine rings is 1. The van der Waals surface area contributed by atoms with Crippen LogP contribution in [0.4, 0.5) is 5.82 Å². The Kier molecular flexibility index (Phi) is 2.48. The molecule has 1 aliphatic rings.